The largest absolute Gasteiger partial charge is 0.481 e. The van der Waals surface area contributed by atoms with Gasteiger partial charge < -0.3 is 5.11 Å². The van der Waals surface area contributed by atoms with Crippen LogP contribution in [0, 0.1) is 0 Å². The van der Waals surface area contributed by atoms with Crippen molar-refractivity contribution in [3.05, 3.63) is 29.8 Å². The Balaban J connectivity index is 3.04. The molecule has 70 valence electrons. The average molecular weight is 198 g/mol. The summed E-state index contributed by atoms with van der Waals surface area (Å²) in [4.78, 5) is 11.0. The molecule has 0 spiro atoms. The fourth-order valence-corrected chi connectivity index (χ4v) is 1.87. The fraction of sp³-hybridized carbons (Fsp3) is 0.222. The summed E-state index contributed by atoms with van der Waals surface area (Å²) in [6, 6.07) is 6.87. The molecule has 1 N–H and O–H groups in total. The predicted molar refractivity (Wildman–Crippen MR) is 50.1 cm³/mol. The lowest BCUT2D eigenvalue weighted by Crippen LogP contribution is -2.03. The Morgan fingerprint density at radius 1 is 1.46 bits per heavy atom. The monoisotopic (exact) mass is 198 g/mol. The molecule has 0 saturated carbocycles. The van der Waals surface area contributed by atoms with Gasteiger partial charge in [0.05, 0.1) is 17.2 Å². The van der Waals surface area contributed by atoms with Crippen molar-refractivity contribution in [3.8, 4) is 0 Å². The minimum atomic E-state index is -1.12. The first kappa shape index (κ1) is 9.92. The summed E-state index contributed by atoms with van der Waals surface area (Å²) < 4.78 is 11.2. The standard InChI is InChI=1S/C9H10O3S/c1-13(12)8-5-3-2-4-7(8)6-9(10)11/h2-5H,6H2,1H3,(H,10,11)/t13-/m0/s1. The Kier molecular flexibility index (Phi) is 3.19. The highest BCUT2D eigenvalue weighted by Gasteiger charge is 2.07. The number of carboxylic acid groups (broad SMARTS) is 1. The first-order valence-electron chi connectivity index (χ1n) is 3.74. The molecule has 0 unspecified atom stereocenters. The van der Waals surface area contributed by atoms with Crippen LogP contribution < -0.4 is 0 Å². The number of benzene rings is 1. The summed E-state index contributed by atoms with van der Waals surface area (Å²) in [6.07, 6.45) is 1.47. The van der Waals surface area contributed by atoms with E-state index in [0.29, 0.717) is 10.5 Å². The van der Waals surface area contributed by atoms with Crippen LogP contribution in [0.3, 0.4) is 0 Å². The van der Waals surface area contributed by atoms with Crippen molar-refractivity contribution < 1.29 is 14.1 Å². The normalized spacial score (nSPS) is 12.4. The molecule has 13 heavy (non-hydrogen) atoms. The van der Waals surface area contributed by atoms with Crippen LogP contribution >= 0.6 is 0 Å². The van der Waals surface area contributed by atoms with E-state index in [1.165, 1.54) is 0 Å². The summed E-state index contributed by atoms with van der Waals surface area (Å²) in [5.74, 6) is -0.905. The van der Waals surface area contributed by atoms with E-state index in [9.17, 15) is 9.00 Å². The molecule has 0 radical (unpaired) electrons. The Labute approximate surface area is 78.9 Å². The van der Waals surface area contributed by atoms with Crippen molar-refractivity contribution in [2.75, 3.05) is 6.26 Å². The maximum atomic E-state index is 11.2. The quantitative estimate of drug-likeness (QED) is 0.789. The van der Waals surface area contributed by atoms with Gasteiger partial charge in [0, 0.05) is 11.2 Å². The number of rotatable bonds is 3. The van der Waals surface area contributed by atoms with Crippen LogP contribution in [0.2, 0.25) is 0 Å². The van der Waals surface area contributed by atoms with Gasteiger partial charge in [-0.2, -0.15) is 0 Å². The van der Waals surface area contributed by atoms with Gasteiger partial charge in [-0.3, -0.25) is 9.00 Å². The molecule has 0 fully saturated rings. The summed E-state index contributed by atoms with van der Waals surface area (Å²) in [7, 11) is -1.12. The van der Waals surface area contributed by atoms with E-state index in [4.69, 9.17) is 5.11 Å². The van der Waals surface area contributed by atoms with Gasteiger partial charge >= 0.3 is 5.97 Å². The molecule has 0 heterocycles. The molecule has 3 nitrogen and oxygen atoms in total. The third-order valence-corrected chi connectivity index (χ3v) is 2.64. The Hall–Kier alpha value is -1.16. The van der Waals surface area contributed by atoms with Crippen LogP contribution in [0.1, 0.15) is 5.56 Å². The lowest BCUT2D eigenvalue weighted by molar-refractivity contribution is -0.136. The lowest BCUT2D eigenvalue weighted by atomic mass is 10.1. The molecule has 0 aliphatic carbocycles. The molecule has 1 atom stereocenters. The topological polar surface area (TPSA) is 54.4 Å². The minimum Gasteiger partial charge on any atom is -0.481 e. The zero-order valence-corrected chi connectivity index (χ0v) is 8.00. The van der Waals surface area contributed by atoms with Crippen LogP contribution in [0.5, 0.6) is 0 Å². The highest BCUT2D eigenvalue weighted by molar-refractivity contribution is 7.84. The molecule has 0 aliphatic rings. The van der Waals surface area contributed by atoms with Crippen molar-refractivity contribution in [1.82, 2.24) is 0 Å². The van der Waals surface area contributed by atoms with Gasteiger partial charge in [-0.15, -0.1) is 0 Å². The molecular weight excluding hydrogens is 188 g/mol. The van der Waals surface area contributed by atoms with Crippen LogP contribution in [0.4, 0.5) is 0 Å². The second-order valence-electron chi connectivity index (χ2n) is 2.63. The van der Waals surface area contributed by atoms with E-state index in [0.717, 1.165) is 0 Å². The molecule has 0 bridgehead atoms. The highest BCUT2D eigenvalue weighted by atomic mass is 32.2. The average Bonchev–Trinajstić information content (AvgIpc) is 2.03. The third-order valence-electron chi connectivity index (χ3n) is 1.62. The van der Waals surface area contributed by atoms with Crippen molar-refractivity contribution in [2.45, 2.75) is 11.3 Å². The third kappa shape index (κ3) is 2.66. The summed E-state index contributed by atoms with van der Waals surface area (Å²) >= 11 is 0. The number of aliphatic carboxylic acids is 1. The maximum absolute atomic E-state index is 11.2. The molecular formula is C9H10O3S. The Morgan fingerprint density at radius 2 is 2.08 bits per heavy atom. The maximum Gasteiger partial charge on any atom is 0.307 e. The highest BCUT2D eigenvalue weighted by Crippen LogP contribution is 2.12. The van der Waals surface area contributed by atoms with Crippen LogP contribution in [-0.4, -0.2) is 21.5 Å². The van der Waals surface area contributed by atoms with Crippen molar-refractivity contribution in [2.24, 2.45) is 0 Å². The SMILES string of the molecule is C[S@](=O)c1ccccc1CC(=O)O. The molecule has 0 aliphatic heterocycles. The summed E-state index contributed by atoms with van der Waals surface area (Å²) in [6.45, 7) is 0. The predicted octanol–water partition coefficient (Wildman–Crippen LogP) is 1.05. The van der Waals surface area contributed by atoms with E-state index < -0.39 is 16.8 Å². The van der Waals surface area contributed by atoms with E-state index in [1.807, 2.05) is 0 Å². The summed E-state index contributed by atoms with van der Waals surface area (Å²) in [5.41, 5.74) is 0.621. The van der Waals surface area contributed by atoms with Gasteiger partial charge in [-0.25, -0.2) is 0 Å². The smallest absolute Gasteiger partial charge is 0.307 e. The first-order chi connectivity index (χ1) is 6.11. The number of carbonyl (C=O) groups is 1. The summed E-state index contributed by atoms with van der Waals surface area (Å²) in [5, 5.41) is 8.57. The van der Waals surface area contributed by atoms with Crippen LogP contribution in [0.15, 0.2) is 29.2 Å². The molecule has 0 aromatic heterocycles. The zero-order valence-electron chi connectivity index (χ0n) is 7.19. The number of hydrogen-bond donors (Lipinski definition) is 1. The van der Waals surface area contributed by atoms with Gasteiger partial charge in [0.1, 0.15) is 0 Å². The van der Waals surface area contributed by atoms with E-state index in [-0.39, 0.29) is 6.42 Å². The number of hydrogen-bond acceptors (Lipinski definition) is 2. The zero-order chi connectivity index (χ0) is 9.84. The Bertz CT molecular complexity index is 346. The van der Waals surface area contributed by atoms with Crippen LogP contribution in [-0.2, 0) is 22.0 Å². The van der Waals surface area contributed by atoms with E-state index in [2.05, 4.69) is 0 Å². The van der Waals surface area contributed by atoms with Gasteiger partial charge in [0.25, 0.3) is 0 Å². The first-order valence-corrected chi connectivity index (χ1v) is 5.30. The van der Waals surface area contributed by atoms with Gasteiger partial charge in [0.15, 0.2) is 0 Å². The van der Waals surface area contributed by atoms with Gasteiger partial charge in [-0.1, -0.05) is 18.2 Å². The molecule has 0 saturated heterocycles. The second-order valence-corrected chi connectivity index (χ2v) is 3.98. The molecule has 1 aromatic rings. The fourth-order valence-electron chi connectivity index (χ4n) is 1.09. The Morgan fingerprint density at radius 3 is 2.62 bits per heavy atom. The molecule has 4 heteroatoms. The van der Waals surface area contributed by atoms with Crippen molar-refractivity contribution in [1.29, 1.82) is 0 Å². The van der Waals surface area contributed by atoms with E-state index >= 15 is 0 Å². The van der Waals surface area contributed by atoms with E-state index in [1.54, 1.807) is 30.5 Å². The molecule has 1 aromatic carbocycles. The van der Waals surface area contributed by atoms with Crippen molar-refractivity contribution in [3.63, 3.8) is 0 Å². The van der Waals surface area contributed by atoms with Gasteiger partial charge in [0.2, 0.25) is 0 Å². The van der Waals surface area contributed by atoms with Gasteiger partial charge in [-0.05, 0) is 11.6 Å². The van der Waals surface area contributed by atoms with Crippen LogP contribution in [0.25, 0.3) is 0 Å². The molecule has 0 amide bonds. The second kappa shape index (κ2) is 4.18. The molecule has 1 rings (SSSR count). The van der Waals surface area contributed by atoms with Crippen molar-refractivity contribution >= 4 is 16.8 Å². The minimum absolute atomic E-state index is 0.0737. The number of carboxylic acids is 1. The lowest BCUT2D eigenvalue weighted by Gasteiger charge is -2.03.